The number of likely N-dealkylation sites (tertiary alicyclic amines) is 1. The van der Waals surface area contributed by atoms with Gasteiger partial charge in [0.2, 0.25) is 11.8 Å². The molecule has 1 saturated carbocycles. The van der Waals surface area contributed by atoms with Crippen LogP contribution in [0.1, 0.15) is 37.7 Å². The lowest BCUT2D eigenvalue weighted by molar-refractivity contribution is -0.135. The third kappa shape index (κ3) is 3.33. The summed E-state index contributed by atoms with van der Waals surface area (Å²) in [5, 5.41) is 2.40. The summed E-state index contributed by atoms with van der Waals surface area (Å²) >= 11 is 0. The van der Waals surface area contributed by atoms with E-state index < -0.39 is 0 Å². The van der Waals surface area contributed by atoms with Crippen LogP contribution in [0.3, 0.4) is 0 Å². The molecule has 0 radical (unpaired) electrons. The number of hydrogen-bond acceptors (Lipinski definition) is 2. The van der Waals surface area contributed by atoms with Crippen LogP contribution >= 0.6 is 0 Å². The van der Waals surface area contributed by atoms with Crippen molar-refractivity contribution in [2.24, 2.45) is 5.92 Å². The van der Waals surface area contributed by atoms with Crippen LogP contribution in [0.2, 0.25) is 0 Å². The normalized spacial score (nSPS) is 20.9. The molecule has 1 saturated heterocycles. The Morgan fingerprint density at radius 2 is 1.85 bits per heavy atom. The highest BCUT2D eigenvalue weighted by Gasteiger charge is 2.39. The number of rotatable bonds is 4. The van der Waals surface area contributed by atoms with E-state index in [0.29, 0.717) is 25.6 Å². The molecule has 4 nitrogen and oxygen atoms in total. The summed E-state index contributed by atoms with van der Waals surface area (Å²) in [6, 6.07) is 14.9. The van der Waals surface area contributed by atoms with Gasteiger partial charge in [-0.3, -0.25) is 9.59 Å². The number of amides is 2. The minimum Gasteiger partial charge on any atom is -0.341 e. The van der Waals surface area contributed by atoms with Gasteiger partial charge in [-0.05, 0) is 35.2 Å². The summed E-state index contributed by atoms with van der Waals surface area (Å²) in [4.78, 5) is 29.0. The predicted octanol–water partition coefficient (Wildman–Crippen LogP) is 3.59. The van der Waals surface area contributed by atoms with Crippen LogP contribution in [0.5, 0.6) is 0 Å². The van der Waals surface area contributed by atoms with Gasteiger partial charge < -0.3 is 9.80 Å². The maximum atomic E-state index is 12.9. The van der Waals surface area contributed by atoms with Crippen molar-refractivity contribution in [1.29, 1.82) is 0 Å². The van der Waals surface area contributed by atoms with Gasteiger partial charge in [0.05, 0.1) is 5.92 Å². The van der Waals surface area contributed by atoms with Crippen molar-refractivity contribution in [3.8, 4) is 0 Å². The lowest BCUT2D eigenvalue weighted by Gasteiger charge is -2.25. The van der Waals surface area contributed by atoms with Gasteiger partial charge in [-0.25, -0.2) is 0 Å². The first kappa shape index (κ1) is 17.1. The number of nitrogens with zero attached hydrogens (tertiary/aromatic N) is 2. The monoisotopic (exact) mass is 350 g/mol. The molecule has 1 unspecified atom stereocenters. The van der Waals surface area contributed by atoms with Crippen LogP contribution in [0, 0.1) is 5.92 Å². The number of carbonyl (C=O) groups is 2. The zero-order valence-corrected chi connectivity index (χ0v) is 15.4. The zero-order valence-electron chi connectivity index (χ0n) is 15.4. The van der Waals surface area contributed by atoms with E-state index >= 15 is 0 Å². The summed E-state index contributed by atoms with van der Waals surface area (Å²) in [7, 11) is 1.85. The minimum atomic E-state index is -0.187. The smallest absolute Gasteiger partial charge is 0.228 e. The van der Waals surface area contributed by atoms with E-state index in [1.54, 1.807) is 4.90 Å². The van der Waals surface area contributed by atoms with Gasteiger partial charge >= 0.3 is 0 Å². The molecule has 0 spiro atoms. The maximum absolute atomic E-state index is 12.9. The van der Waals surface area contributed by atoms with Gasteiger partial charge in [0.15, 0.2) is 0 Å². The third-order valence-electron chi connectivity index (χ3n) is 5.88. The Labute approximate surface area is 154 Å². The highest BCUT2D eigenvalue weighted by atomic mass is 16.2. The molecule has 2 aromatic carbocycles. The van der Waals surface area contributed by atoms with Crippen molar-refractivity contribution >= 4 is 22.6 Å². The molecule has 1 aliphatic heterocycles. The van der Waals surface area contributed by atoms with E-state index in [2.05, 4.69) is 30.3 Å². The number of fused-ring (bicyclic) bond motifs is 1. The lowest BCUT2D eigenvalue weighted by Crippen LogP contribution is -2.37. The maximum Gasteiger partial charge on any atom is 0.228 e. The molecule has 2 aliphatic rings. The Morgan fingerprint density at radius 1 is 1.12 bits per heavy atom. The summed E-state index contributed by atoms with van der Waals surface area (Å²) in [5.41, 5.74) is 1.12. The first-order chi connectivity index (χ1) is 12.6. The second-order valence-corrected chi connectivity index (χ2v) is 7.76. The topological polar surface area (TPSA) is 40.6 Å². The average molecular weight is 350 g/mol. The van der Waals surface area contributed by atoms with Crippen LogP contribution in [-0.4, -0.2) is 41.2 Å². The zero-order chi connectivity index (χ0) is 18.1. The Balaban J connectivity index is 1.41. The summed E-state index contributed by atoms with van der Waals surface area (Å²) < 4.78 is 0. The van der Waals surface area contributed by atoms with Crippen LogP contribution in [0.25, 0.3) is 10.8 Å². The van der Waals surface area contributed by atoms with Crippen molar-refractivity contribution < 1.29 is 9.59 Å². The van der Waals surface area contributed by atoms with Gasteiger partial charge in [0.25, 0.3) is 0 Å². The molecule has 4 rings (SSSR count). The Hall–Kier alpha value is -2.36. The fourth-order valence-electron chi connectivity index (χ4n) is 4.47. The van der Waals surface area contributed by atoms with E-state index in [9.17, 15) is 9.59 Å². The fraction of sp³-hybridized carbons (Fsp3) is 0.455. The molecule has 0 bridgehead atoms. The van der Waals surface area contributed by atoms with Crippen LogP contribution in [-0.2, 0) is 16.1 Å². The fourth-order valence-corrected chi connectivity index (χ4v) is 4.47. The molecule has 2 aromatic rings. The molecule has 0 N–H and O–H groups in total. The third-order valence-corrected chi connectivity index (χ3v) is 5.88. The molecule has 1 atom stereocenters. The van der Waals surface area contributed by atoms with Crippen molar-refractivity contribution in [2.75, 3.05) is 13.6 Å². The quantitative estimate of drug-likeness (QED) is 0.845. The number of benzene rings is 2. The molecule has 136 valence electrons. The lowest BCUT2D eigenvalue weighted by atomic mass is 10.0. The number of hydrogen-bond donors (Lipinski definition) is 0. The largest absolute Gasteiger partial charge is 0.341 e. The molecular weight excluding hydrogens is 324 g/mol. The summed E-state index contributed by atoms with van der Waals surface area (Å²) in [6.45, 7) is 1.18. The van der Waals surface area contributed by atoms with Gasteiger partial charge in [-0.1, -0.05) is 49.2 Å². The number of carbonyl (C=O) groups excluding carboxylic acids is 2. The van der Waals surface area contributed by atoms with Gasteiger partial charge in [-0.2, -0.15) is 0 Å². The molecule has 1 heterocycles. The van der Waals surface area contributed by atoms with Crippen LogP contribution < -0.4 is 0 Å². The van der Waals surface area contributed by atoms with Crippen LogP contribution in [0.4, 0.5) is 0 Å². The molecule has 2 fully saturated rings. The van der Waals surface area contributed by atoms with Crippen molar-refractivity contribution in [3.63, 3.8) is 0 Å². The molecular formula is C22H26N2O2. The summed E-state index contributed by atoms with van der Waals surface area (Å²) in [6.07, 6.45) is 4.97. The SMILES string of the molecule is CN(Cc1ccc2ccccc2c1)C(=O)C1CC(=O)N(C2CCCC2)C1. The molecule has 26 heavy (non-hydrogen) atoms. The van der Waals surface area contributed by atoms with Gasteiger partial charge in [0.1, 0.15) is 0 Å². The van der Waals surface area contributed by atoms with Crippen LogP contribution in [0.15, 0.2) is 42.5 Å². The molecule has 4 heteroatoms. The van der Waals surface area contributed by atoms with E-state index in [1.807, 2.05) is 24.1 Å². The van der Waals surface area contributed by atoms with E-state index in [1.165, 1.54) is 23.6 Å². The Kier molecular flexibility index (Phi) is 4.66. The molecule has 1 aliphatic carbocycles. The summed E-state index contributed by atoms with van der Waals surface area (Å²) in [5.74, 6) is 0.0647. The van der Waals surface area contributed by atoms with E-state index in [-0.39, 0.29) is 17.7 Å². The second kappa shape index (κ2) is 7.10. The molecule has 2 amide bonds. The van der Waals surface area contributed by atoms with Crippen molar-refractivity contribution in [1.82, 2.24) is 9.80 Å². The second-order valence-electron chi connectivity index (χ2n) is 7.76. The van der Waals surface area contributed by atoms with E-state index in [0.717, 1.165) is 18.4 Å². The van der Waals surface area contributed by atoms with Gasteiger partial charge in [-0.15, -0.1) is 0 Å². The highest BCUT2D eigenvalue weighted by Crippen LogP contribution is 2.30. The first-order valence-corrected chi connectivity index (χ1v) is 9.64. The minimum absolute atomic E-state index is 0.0898. The van der Waals surface area contributed by atoms with E-state index in [4.69, 9.17) is 0 Å². The first-order valence-electron chi connectivity index (χ1n) is 9.64. The Bertz CT molecular complexity index is 826. The van der Waals surface area contributed by atoms with Gasteiger partial charge in [0, 0.05) is 32.6 Å². The molecule has 0 aromatic heterocycles. The predicted molar refractivity (Wildman–Crippen MR) is 102 cm³/mol. The average Bonchev–Trinajstić information content (AvgIpc) is 3.30. The standard InChI is InChI=1S/C22H26N2O2/c1-23(14-16-10-11-17-6-2-3-7-18(17)12-16)22(26)19-13-21(25)24(15-19)20-8-4-5-9-20/h2-3,6-7,10-12,19-20H,4-5,8-9,13-15H2,1H3. The van der Waals surface area contributed by atoms with Crippen molar-refractivity contribution in [2.45, 2.75) is 44.7 Å². The van der Waals surface area contributed by atoms with Crippen molar-refractivity contribution in [3.05, 3.63) is 48.0 Å². The highest BCUT2D eigenvalue weighted by molar-refractivity contribution is 5.89. The Morgan fingerprint density at radius 3 is 2.62 bits per heavy atom.